The van der Waals surface area contributed by atoms with Gasteiger partial charge in [0.1, 0.15) is 11.6 Å². The number of amides is 1. The Kier molecular flexibility index (Phi) is 6.28. The van der Waals surface area contributed by atoms with E-state index in [1.54, 1.807) is 0 Å². The molecule has 1 N–H and O–H groups in total. The van der Waals surface area contributed by atoms with Crippen molar-refractivity contribution in [2.24, 2.45) is 5.92 Å². The number of pyridine rings is 1. The lowest BCUT2D eigenvalue weighted by molar-refractivity contribution is -0.137. The Balaban J connectivity index is 1.35. The predicted octanol–water partition coefficient (Wildman–Crippen LogP) is 4.66. The Bertz CT molecular complexity index is 1120. The van der Waals surface area contributed by atoms with Crippen LogP contribution in [0.4, 0.5) is 19.0 Å². The van der Waals surface area contributed by atoms with Crippen LogP contribution in [-0.4, -0.2) is 33.5 Å². The Morgan fingerprint density at radius 2 is 1.97 bits per heavy atom. The molecular weight excluding hydrogens is 443 g/mol. The van der Waals surface area contributed by atoms with Crippen molar-refractivity contribution in [3.63, 3.8) is 0 Å². The molecule has 1 saturated heterocycles. The summed E-state index contributed by atoms with van der Waals surface area (Å²) in [7, 11) is 0. The summed E-state index contributed by atoms with van der Waals surface area (Å²) in [5.41, 5.74) is 1.06. The van der Waals surface area contributed by atoms with E-state index in [9.17, 15) is 18.0 Å². The summed E-state index contributed by atoms with van der Waals surface area (Å²) in [6, 6.07) is 8.74. The van der Waals surface area contributed by atoms with E-state index in [0.717, 1.165) is 35.7 Å². The molecule has 0 saturated carbocycles. The van der Waals surface area contributed by atoms with E-state index >= 15 is 0 Å². The highest BCUT2D eigenvalue weighted by atomic mass is 35.5. The standard InChI is InChI=1S/C22H23ClF3N5O/c1-2-31-18-6-4-3-5-17(18)29-19(31)13-28-21(32)14-7-9-30(10-8-14)20-16(23)11-15(12-27-20)22(24,25)26/h3-6,11-12,14H,2,7-10,13H2,1H3,(H,28,32). The number of nitrogens with zero attached hydrogens (tertiary/aromatic N) is 4. The van der Waals surface area contributed by atoms with Gasteiger partial charge in [-0.05, 0) is 38.0 Å². The first kappa shape index (κ1) is 22.4. The number of nitrogens with one attached hydrogen (secondary N) is 1. The number of alkyl halides is 3. The summed E-state index contributed by atoms with van der Waals surface area (Å²) in [4.78, 5) is 23.1. The summed E-state index contributed by atoms with van der Waals surface area (Å²) in [5, 5.41) is 2.95. The van der Waals surface area contributed by atoms with Crippen molar-refractivity contribution in [3.05, 3.63) is 52.9 Å². The van der Waals surface area contributed by atoms with Gasteiger partial charge in [-0.1, -0.05) is 23.7 Å². The van der Waals surface area contributed by atoms with E-state index in [4.69, 9.17) is 11.6 Å². The van der Waals surface area contributed by atoms with E-state index in [1.165, 1.54) is 0 Å². The largest absolute Gasteiger partial charge is 0.417 e. The minimum atomic E-state index is -4.49. The first-order valence-electron chi connectivity index (χ1n) is 10.5. The number of benzene rings is 1. The van der Waals surface area contributed by atoms with Crippen molar-refractivity contribution in [1.29, 1.82) is 0 Å². The van der Waals surface area contributed by atoms with Crippen LogP contribution in [-0.2, 0) is 24.1 Å². The quantitative estimate of drug-likeness (QED) is 0.595. The second-order valence-electron chi connectivity index (χ2n) is 7.77. The van der Waals surface area contributed by atoms with Gasteiger partial charge in [-0.3, -0.25) is 4.79 Å². The van der Waals surface area contributed by atoms with Crippen molar-refractivity contribution < 1.29 is 18.0 Å². The van der Waals surface area contributed by atoms with Crippen LogP contribution in [0.25, 0.3) is 11.0 Å². The number of para-hydroxylation sites is 2. The Hall–Kier alpha value is -2.81. The van der Waals surface area contributed by atoms with Crippen LogP contribution in [0.2, 0.25) is 5.02 Å². The van der Waals surface area contributed by atoms with Gasteiger partial charge in [0.15, 0.2) is 0 Å². The van der Waals surface area contributed by atoms with Crippen molar-refractivity contribution in [2.75, 3.05) is 18.0 Å². The highest BCUT2D eigenvalue weighted by Crippen LogP contribution is 2.34. The Labute approximate surface area is 188 Å². The zero-order chi connectivity index (χ0) is 22.9. The molecule has 2 aromatic heterocycles. The summed E-state index contributed by atoms with van der Waals surface area (Å²) < 4.78 is 40.5. The van der Waals surface area contributed by atoms with E-state index < -0.39 is 11.7 Å². The second-order valence-corrected chi connectivity index (χ2v) is 8.17. The molecule has 0 spiro atoms. The topological polar surface area (TPSA) is 63.1 Å². The number of hydrogen-bond acceptors (Lipinski definition) is 4. The van der Waals surface area contributed by atoms with Gasteiger partial charge in [0.2, 0.25) is 5.91 Å². The molecule has 32 heavy (non-hydrogen) atoms. The van der Waals surface area contributed by atoms with Gasteiger partial charge in [-0.15, -0.1) is 0 Å². The Morgan fingerprint density at radius 3 is 2.62 bits per heavy atom. The maximum Gasteiger partial charge on any atom is 0.417 e. The third-order valence-electron chi connectivity index (χ3n) is 5.78. The number of carbonyl (C=O) groups excluding carboxylic acids is 1. The van der Waals surface area contributed by atoms with Crippen LogP contribution in [0.5, 0.6) is 0 Å². The second kappa shape index (κ2) is 8.97. The Morgan fingerprint density at radius 1 is 1.25 bits per heavy atom. The van der Waals surface area contributed by atoms with Crippen molar-refractivity contribution in [1.82, 2.24) is 19.9 Å². The molecule has 1 aliphatic heterocycles. The number of imidazole rings is 1. The normalized spacial score (nSPS) is 15.3. The number of aromatic nitrogens is 3. The van der Waals surface area contributed by atoms with Gasteiger partial charge in [-0.25, -0.2) is 9.97 Å². The van der Waals surface area contributed by atoms with Crippen molar-refractivity contribution in [3.8, 4) is 0 Å². The van der Waals surface area contributed by atoms with Gasteiger partial charge in [0.05, 0.1) is 28.2 Å². The average Bonchev–Trinajstić information content (AvgIpc) is 3.14. The molecule has 0 radical (unpaired) electrons. The molecule has 0 bridgehead atoms. The summed E-state index contributed by atoms with van der Waals surface area (Å²) in [5.74, 6) is 0.889. The van der Waals surface area contributed by atoms with E-state index in [-0.39, 0.29) is 16.8 Å². The van der Waals surface area contributed by atoms with Gasteiger partial charge in [0.25, 0.3) is 0 Å². The van der Waals surface area contributed by atoms with Gasteiger partial charge in [0, 0.05) is 31.7 Å². The molecule has 1 fully saturated rings. The zero-order valence-electron chi connectivity index (χ0n) is 17.5. The molecule has 0 unspecified atom stereocenters. The molecule has 170 valence electrons. The van der Waals surface area contributed by atoms with E-state index in [2.05, 4.69) is 19.9 Å². The molecule has 1 amide bonds. The number of aryl methyl sites for hydroxylation is 1. The lowest BCUT2D eigenvalue weighted by Crippen LogP contribution is -2.41. The molecule has 1 aromatic carbocycles. The third kappa shape index (κ3) is 4.53. The monoisotopic (exact) mass is 465 g/mol. The smallest absolute Gasteiger partial charge is 0.355 e. The number of piperidine rings is 1. The zero-order valence-corrected chi connectivity index (χ0v) is 18.2. The lowest BCUT2D eigenvalue weighted by atomic mass is 9.96. The maximum absolute atomic E-state index is 12.8. The fourth-order valence-corrected chi connectivity index (χ4v) is 4.38. The first-order chi connectivity index (χ1) is 15.3. The molecule has 6 nitrogen and oxygen atoms in total. The fourth-order valence-electron chi connectivity index (χ4n) is 4.10. The van der Waals surface area contributed by atoms with Crippen LogP contribution in [0, 0.1) is 5.92 Å². The molecule has 0 atom stereocenters. The molecule has 10 heteroatoms. The van der Waals surface area contributed by atoms with Crippen molar-refractivity contribution >= 4 is 34.4 Å². The van der Waals surface area contributed by atoms with Gasteiger partial charge < -0.3 is 14.8 Å². The van der Waals surface area contributed by atoms with Crippen LogP contribution in [0.15, 0.2) is 36.5 Å². The van der Waals surface area contributed by atoms with Gasteiger partial charge >= 0.3 is 6.18 Å². The molecule has 4 rings (SSSR count). The predicted molar refractivity (Wildman–Crippen MR) is 116 cm³/mol. The highest BCUT2D eigenvalue weighted by molar-refractivity contribution is 6.33. The number of halogens is 4. The summed E-state index contributed by atoms with van der Waals surface area (Å²) in [6.07, 6.45) is -2.57. The third-order valence-corrected chi connectivity index (χ3v) is 6.06. The average molecular weight is 466 g/mol. The van der Waals surface area contributed by atoms with E-state index in [0.29, 0.717) is 38.3 Å². The van der Waals surface area contributed by atoms with Crippen molar-refractivity contribution in [2.45, 2.75) is 39.0 Å². The van der Waals surface area contributed by atoms with Crippen LogP contribution >= 0.6 is 11.6 Å². The highest BCUT2D eigenvalue weighted by Gasteiger charge is 2.33. The molecule has 3 heterocycles. The number of anilines is 1. The SMILES string of the molecule is CCn1c(CNC(=O)C2CCN(c3ncc(C(F)(F)F)cc3Cl)CC2)nc2ccccc21. The summed E-state index contributed by atoms with van der Waals surface area (Å²) in [6.45, 7) is 4.11. The number of rotatable bonds is 5. The van der Waals surface area contributed by atoms with Gasteiger partial charge in [-0.2, -0.15) is 13.2 Å². The minimum absolute atomic E-state index is 0.0406. The van der Waals surface area contributed by atoms with Crippen LogP contribution in [0.1, 0.15) is 31.2 Å². The lowest BCUT2D eigenvalue weighted by Gasteiger charge is -2.32. The molecule has 3 aromatic rings. The van der Waals surface area contributed by atoms with E-state index in [1.807, 2.05) is 36.1 Å². The maximum atomic E-state index is 12.8. The number of fused-ring (bicyclic) bond motifs is 1. The minimum Gasteiger partial charge on any atom is -0.355 e. The summed E-state index contributed by atoms with van der Waals surface area (Å²) >= 11 is 6.05. The molecule has 1 aliphatic rings. The number of hydrogen-bond donors (Lipinski definition) is 1. The molecule has 0 aliphatic carbocycles. The molecular formula is C22H23ClF3N5O. The first-order valence-corrected chi connectivity index (χ1v) is 10.8. The fraction of sp³-hybridized carbons (Fsp3) is 0.409. The van der Waals surface area contributed by atoms with Crippen LogP contribution in [0.3, 0.4) is 0 Å². The number of carbonyl (C=O) groups is 1. The van der Waals surface area contributed by atoms with Crippen LogP contribution < -0.4 is 10.2 Å².